The van der Waals surface area contributed by atoms with Crippen LogP contribution in [0, 0.1) is 0 Å². The van der Waals surface area contributed by atoms with Gasteiger partial charge in [-0.2, -0.15) is 5.10 Å². The predicted molar refractivity (Wildman–Crippen MR) is 86.3 cm³/mol. The van der Waals surface area contributed by atoms with Gasteiger partial charge in [-0.25, -0.2) is 0 Å². The quantitative estimate of drug-likeness (QED) is 0.641. The van der Waals surface area contributed by atoms with E-state index in [1.54, 1.807) is 0 Å². The smallest absolute Gasteiger partial charge is 0.191 e. The van der Waals surface area contributed by atoms with E-state index in [9.17, 15) is 0 Å². The van der Waals surface area contributed by atoms with E-state index in [2.05, 4.69) is 39.5 Å². The Morgan fingerprint density at radius 3 is 2.67 bits per heavy atom. The number of guanidine groups is 1. The maximum Gasteiger partial charge on any atom is 0.191 e. The Balaban J connectivity index is 1.75. The second kappa shape index (κ2) is 7.45. The van der Waals surface area contributed by atoms with Crippen molar-refractivity contribution in [2.24, 2.45) is 12.0 Å². The Morgan fingerprint density at radius 1 is 1.43 bits per heavy atom. The van der Waals surface area contributed by atoms with E-state index in [0.717, 1.165) is 31.2 Å². The molecule has 1 saturated heterocycles. The molecule has 1 aliphatic heterocycles. The van der Waals surface area contributed by atoms with Crippen molar-refractivity contribution in [2.75, 3.05) is 20.1 Å². The summed E-state index contributed by atoms with van der Waals surface area (Å²) in [4.78, 5) is 6.84. The minimum absolute atomic E-state index is 0.514. The van der Waals surface area contributed by atoms with Crippen LogP contribution in [0.5, 0.6) is 0 Å². The summed E-state index contributed by atoms with van der Waals surface area (Å²) in [5, 5.41) is 11.1. The molecule has 0 aliphatic carbocycles. The summed E-state index contributed by atoms with van der Waals surface area (Å²) in [7, 11) is 3.75. The number of piperidine rings is 1. The van der Waals surface area contributed by atoms with Gasteiger partial charge in [0.1, 0.15) is 0 Å². The van der Waals surface area contributed by atoms with Crippen LogP contribution in [0.4, 0.5) is 0 Å². The number of likely N-dealkylation sites (tertiary alicyclic amines) is 1. The second-order valence-electron chi connectivity index (χ2n) is 6.00. The van der Waals surface area contributed by atoms with Crippen LogP contribution in [-0.2, 0) is 13.6 Å². The zero-order valence-corrected chi connectivity index (χ0v) is 13.6. The molecule has 1 aromatic rings. The van der Waals surface area contributed by atoms with Crippen LogP contribution in [-0.4, -0.2) is 52.9 Å². The third-order valence-electron chi connectivity index (χ3n) is 4.04. The number of rotatable bonds is 4. The molecule has 0 atom stereocenters. The molecule has 1 aliphatic rings. The maximum atomic E-state index is 4.31. The Labute approximate surface area is 127 Å². The molecular weight excluding hydrogens is 264 g/mol. The van der Waals surface area contributed by atoms with E-state index in [4.69, 9.17) is 0 Å². The van der Waals surface area contributed by atoms with Crippen molar-refractivity contribution < 1.29 is 0 Å². The molecule has 2 rings (SSSR count). The van der Waals surface area contributed by atoms with E-state index in [-0.39, 0.29) is 0 Å². The average molecular weight is 292 g/mol. The molecule has 118 valence electrons. The zero-order chi connectivity index (χ0) is 15.2. The largest absolute Gasteiger partial charge is 0.354 e. The number of nitrogens with zero attached hydrogens (tertiary/aromatic N) is 4. The number of hydrogen-bond acceptors (Lipinski definition) is 3. The SMILES string of the molecule is CN=C(NCc1cnn(C)c1)NC1CCN(C(C)C)CC1. The summed E-state index contributed by atoms with van der Waals surface area (Å²) in [5.74, 6) is 0.877. The summed E-state index contributed by atoms with van der Waals surface area (Å²) < 4.78 is 1.81. The fourth-order valence-corrected chi connectivity index (χ4v) is 2.70. The van der Waals surface area contributed by atoms with E-state index >= 15 is 0 Å². The summed E-state index contributed by atoms with van der Waals surface area (Å²) in [5.41, 5.74) is 1.16. The van der Waals surface area contributed by atoms with Crippen molar-refractivity contribution in [3.05, 3.63) is 18.0 Å². The highest BCUT2D eigenvalue weighted by atomic mass is 15.2. The van der Waals surface area contributed by atoms with Gasteiger partial charge in [0.15, 0.2) is 5.96 Å². The number of aliphatic imine (C=N–C) groups is 1. The maximum absolute atomic E-state index is 4.31. The molecule has 1 aromatic heterocycles. The first-order valence-electron chi connectivity index (χ1n) is 7.77. The number of aryl methyl sites for hydroxylation is 1. The number of nitrogens with one attached hydrogen (secondary N) is 2. The molecule has 2 heterocycles. The molecule has 0 saturated carbocycles. The van der Waals surface area contributed by atoms with Crippen LogP contribution < -0.4 is 10.6 Å². The summed E-state index contributed by atoms with van der Waals surface area (Å²) in [6.45, 7) is 7.60. The van der Waals surface area contributed by atoms with Crippen molar-refractivity contribution in [1.29, 1.82) is 0 Å². The van der Waals surface area contributed by atoms with Crippen molar-refractivity contribution in [2.45, 2.75) is 45.3 Å². The van der Waals surface area contributed by atoms with Crippen LogP contribution in [0.3, 0.4) is 0 Å². The molecule has 21 heavy (non-hydrogen) atoms. The molecule has 0 spiro atoms. The highest BCUT2D eigenvalue weighted by Gasteiger charge is 2.21. The van der Waals surface area contributed by atoms with E-state index in [0.29, 0.717) is 12.1 Å². The highest BCUT2D eigenvalue weighted by Crippen LogP contribution is 2.12. The van der Waals surface area contributed by atoms with Crippen molar-refractivity contribution in [3.63, 3.8) is 0 Å². The standard InChI is InChI=1S/C15H28N6/c1-12(2)21-7-5-14(6-8-21)19-15(16-3)17-9-13-10-18-20(4)11-13/h10-12,14H,5-9H2,1-4H3,(H2,16,17,19). The van der Waals surface area contributed by atoms with E-state index < -0.39 is 0 Å². The second-order valence-corrected chi connectivity index (χ2v) is 6.00. The summed E-state index contributed by atoms with van der Waals surface area (Å²) >= 11 is 0. The molecule has 0 aromatic carbocycles. The van der Waals surface area contributed by atoms with Crippen LogP contribution >= 0.6 is 0 Å². The topological polar surface area (TPSA) is 57.5 Å². The van der Waals surface area contributed by atoms with Crippen molar-refractivity contribution in [3.8, 4) is 0 Å². The Bertz CT molecular complexity index is 456. The van der Waals surface area contributed by atoms with Gasteiger partial charge in [0.2, 0.25) is 0 Å². The Morgan fingerprint density at radius 2 is 2.14 bits per heavy atom. The van der Waals surface area contributed by atoms with Gasteiger partial charge in [-0.3, -0.25) is 9.67 Å². The summed E-state index contributed by atoms with van der Waals surface area (Å²) in [6, 6.07) is 1.16. The molecule has 1 fully saturated rings. The minimum atomic E-state index is 0.514. The first kappa shape index (κ1) is 15.8. The third kappa shape index (κ3) is 4.74. The lowest BCUT2D eigenvalue weighted by molar-refractivity contribution is 0.167. The Kier molecular flexibility index (Phi) is 5.61. The molecular formula is C15H28N6. The normalized spacial score (nSPS) is 18.2. The average Bonchev–Trinajstić information content (AvgIpc) is 2.89. The first-order valence-corrected chi connectivity index (χ1v) is 7.77. The van der Waals surface area contributed by atoms with Gasteiger partial charge >= 0.3 is 0 Å². The first-order chi connectivity index (χ1) is 10.1. The van der Waals surface area contributed by atoms with Crippen molar-refractivity contribution >= 4 is 5.96 Å². The molecule has 0 radical (unpaired) electrons. The molecule has 6 heteroatoms. The third-order valence-corrected chi connectivity index (χ3v) is 4.04. The van der Waals surface area contributed by atoms with Gasteiger partial charge in [-0.05, 0) is 26.7 Å². The van der Waals surface area contributed by atoms with Gasteiger partial charge < -0.3 is 15.5 Å². The van der Waals surface area contributed by atoms with Gasteiger partial charge in [0, 0.05) is 57.6 Å². The summed E-state index contributed by atoms with van der Waals surface area (Å²) in [6.07, 6.45) is 6.24. The lowest BCUT2D eigenvalue weighted by Crippen LogP contribution is -2.49. The van der Waals surface area contributed by atoms with E-state index in [1.165, 1.54) is 12.8 Å². The Hall–Kier alpha value is -1.56. The lowest BCUT2D eigenvalue weighted by atomic mass is 10.0. The fourth-order valence-electron chi connectivity index (χ4n) is 2.70. The van der Waals surface area contributed by atoms with Crippen LogP contribution in [0.1, 0.15) is 32.3 Å². The van der Waals surface area contributed by atoms with Crippen LogP contribution in [0.2, 0.25) is 0 Å². The highest BCUT2D eigenvalue weighted by molar-refractivity contribution is 5.79. The van der Waals surface area contributed by atoms with Crippen molar-refractivity contribution in [1.82, 2.24) is 25.3 Å². The molecule has 6 nitrogen and oxygen atoms in total. The zero-order valence-electron chi connectivity index (χ0n) is 13.6. The van der Waals surface area contributed by atoms with Gasteiger partial charge in [-0.15, -0.1) is 0 Å². The molecule has 0 unspecified atom stereocenters. The van der Waals surface area contributed by atoms with E-state index in [1.807, 2.05) is 31.2 Å². The minimum Gasteiger partial charge on any atom is -0.354 e. The fraction of sp³-hybridized carbons (Fsp3) is 0.733. The number of hydrogen-bond donors (Lipinski definition) is 2. The van der Waals surface area contributed by atoms with Gasteiger partial charge in [0.25, 0.3) is 0 Å². The molecule has 0 bridgehead atoms. The lowest BCUT2D eigenvalue weighted by Gasteiger charge is -2.35. The monoisotopic (exact) mass is 292 g/mol. The van der Waals surface area contributed by atoms with Crippen LogP contribution in [0.15, 0.2) is 17.4 Å². The van der Waals surface area contributed by atoms with Gasteiger partial charge in [0.05, 0.1) is 6.20 Å². The predicted octanol–water partition coefficient (Wildman–Crippen LogP) is 0.958. The van der Waals surface area contributed by atoms with Crippen LogP contribution in [0.25, 0.3) is 0 Å². The van der Waals surface area contributed by atoms with Gasteiger partial charge in [-0.1, -0.05) is 0 Å². The number of aromatic nitrogens is 2. The molecule has 2 N–H and O–H groups in total. The molecule has 0 amide bonds.